The number of nitrogens with two attached hydrogens (primary N) is 1. The van der Waals surface area contributed by atoms with E-state index in [-0.39, 0.29) is 0 Å². The van der Waals surface area contributed by atoms with Crippen LogP contribution in [-0.2, 0) is 0 Å². The second-order valence-corrected chi connectivity index (χ2v) is 2.71. The molecule has 11 heavy (non-hydrogen) atoms. The Bertz CT molecular complexity index is 232. The van der Waals surface area contributed by atoms with E-state index in [1.165, 1.54) is 11.5 Å². The molecule has 1 heterocycles. The lowest BCUT2D eigenvalue weighted by atomic mass is 10.4. The number of nitrogens with zero attached hydrogens (tertiary/aromatic N) is 2. The lowest BCUT2D eigenvalue weighted by molar-refractivity contribution is 1.06. The minimum atomic E-state index is 0.330. The molecule has 1 aromatic heterocycles. The van der Waals surface area contributed by atoms with Gasteiger partial charge in [0, 0.05) is 18.1 Å². The molecule has 0 fully saturated rings. The van der Waals surface area contributed by atoms with Crippen molar-refractivity contribution in [2.24, 2.45) is 0 Å². The Morgan fingerprint density at radius 1 is 1.73 bits per heavy atom. The first-order valence-electron chi connectivity index (χ1n) is 3.27. The molecule has 0 aliphatic rings. The van der Waals surface area contributed by atoms with Gasteiger partial charge in [0.25, 0.3) is 0 Å². The normalized spacial score (nSPS) is 9.45. The maximum absolute atomic E-state index is 5.31. The predicted octanol–water partition coefficient (Wildman–Crippen LogP) is 1.11. The summed E-state index contributed by atoms with van der Waals surface area (Å²) in [5.74, 6) is 0.330. The zero-order valence-corrected chi connectivity index (χ0v) is 6.90. The Morgan fingerprint density at radius 2 is 2.55 bits per heavy atom. The van der Waals surface area contributed by atoms with Gasteiger partial charge in [0.2, 0.25) is 11.1 Å². The fourth-order valence-corrected chi connectivity index (χ4v) is 1.11. The summed E-state index contributed by atoms with van der Waals surface area (Å²) < 4.78 is 3.82. The molecule has 0 saturated heterocycles. The molecule has 0 aromatic carbocycles. The van der Waals surface area contributed by atoms with Crippen LogP contribution in [0.3, 0.4) is 0 Å². The molecule has 0 bridgehead atoms. The summed E-state index contributed by atoms with van der Waals surface area (Å²) in [7, 11) is 0. The monoisotopic (exact) mass is 170 g/mol. The first kappa shape index (κ1) is 8.00. The summed E-state index contributed by atoms with van der Waals surface area (Å²) in [6, 6.07) is 0. The Kier molecular flexibility index (Phi) is 2.85. The molecule has 3 N–H and O–H groups in total. The Balaban J connectivity index is 2.32. The van der Waals surface area contributed by atoms with E-state index in [4.69, 9.17) is 5.73 Å². The third-order valence-electron chi connectivity index (χ3n) is 1.07. The van der Waals surface area contributed by atoms with Crippen molar-refractivity contribution in [3.05, 3.63) is 12.7 Å². The third kappa shape index (κ3) is 2.55. The first-order valence-corrected chi connectivity index (χ1v) is 4.04. The molecule has 0 radical (unpaired) electrons. The maximum atomic E-state index is 5.31. The molecule has 0 aliphatic heterocycles. The van der Waals surface area contributed by atoms with E-state index < -0.39 is 0 Å². The fourth-order valence-electron chi connectivity index (χ4n) is 0.588. The molecule has 60 valence electrons. The van der Waals surface area contributed by atoms with Gasteiger partial charge in [0.05, 0.1) is 0 Å². The number of hydrogen-bond donors (Lipinski definition) is 2. The molecule has 5 heteroatoms. The van der Waals surface area contributed by atoms with Crippen molar-refractivity contribution in [2.75, 3.05) is 17.6 Å². The van der Waals surface area contributed by atoms with E-state index in [0.29, 0.717) is 5.95 Å². The van der Waals surface area contributed by atoms with Crippen LogP contribution in [-0.4, -0.2) is 15.9 Å². The van der Waals surface area contributed by atoms with Crippen molar-refractivity contribution in [1.29, 1.82) is 0 Å². The van der Waals surface area contributed by atoms with Gasteiger partial charge in [-0.15, -0.1) is 6.58 Å². The van der Waals surface area contributed by atoms with E-state index in [1.807, 2.05) is 6.08 Å². The van der Waals surface area contributed by atoms with E-state index in [2.05, 4.69) is 21.3 Å². The number of anilines is 2. The fraction of sp³-hybridized carbons (Fsp3) is 0.333. The number of nitrogens with one attached hydrogen (secondary N) is 1. The predicted molar refractivity (Wildman–Crippen MR) is 47.6 cm³/mol. The van der Waals surface area contributed by atoms with E-state index in [0.717, 1.165) is 18.1 Å². The second-order valence-electron chi connectivity index (χ2n) is 1.96. The van der Waals surface area contributed by atoms with Gasteiger partial charge < -0.3 is 11.1 Å². The molecule has 0 spiro atoms. The van der Waals surface area contributed by atoms with E-state index in [1.54, 1.807) is 0 Å². The van der Waals surface area contributed by atoms with Gasteiger partial charge in [-0.25, -0.2) is 0 Å². The highest BCUT2D eigenvalue weighted by molar-refractivity contribution is 7.09. The SMILES string of the molecule is C=CCCNc1nc(N)ns1. The molecule has 0 saturated carbocycles. The smallest absolute Gasteiger partial charge is 0.233 e. The standard InChI is InChI=1S/C6H10N4S/c1-2-3-4-8-6-9-5(7)10-11-6/h2H,1,3-4H2,(H3,7,8,9,10). The largest absolute Gasteiger partial charge is 0.367 e. The molecule has 1 rings (SSSR count). The van der Waals surface area contributed by atoms with Crippen LogP contribution in [0.4, 0.5) is 11.1 Å². The highest BCUT2D eigenvalue weighted by Crippen LogP contribution is 2.10. The average Bonchev–Trinajstić information content (AvgIpc) is 2.37. The van der Waals surface area contributed by atoms with Gasteiger partial charge in [0.15, 0.2) is 0 Å². The van der Waals surface area contributed by atoms with Crippen LogP contribution in [0.1, 0.15) is 6.42 Å². The van der Waals surface area contributed by atoms with Crippen molar-refractivity contribution >= 4 is 22.6 Å². The lowest BCUT2D eigenvalue weighted by Crippen LogP contribution is -1.99. The van der Waals surface area contributed by atoms with Crippen molar-refractivity contribution < 1.29 is 0 Å². The van der Waals surface area contributed by atoms with Crippen LogP contribution in [0, 0.1) is 0 Å². The zero-order chi connectivity index (χ0) is 8.10. The number of aromatic nitrogens is 2. The highest BCUT2D eigenvalue weighted by atomic mass is 32.1. The van der Waals surface area contributed by atoms with Crippen LogP contribution in [0.2, 0.25) is 0 Å². The van der Waals surface area contributed by atoms with Crippen molar-refractivity contribution in [2.45, 2.75) is 6.42 Å². The van der Waals surface area contributed by atoms with Crippen LogP contribution >= 0.6 is 11.5 Å². The highest BCUT2D eigenvalue weighted by Gasteiger charge is 1.96. The molecule has 1 aromatic rings. The van der Waals surface area contributed by atoms with E-state index >= 15 is 0 Å². The van der Waals surface area contributed by atoms with E-state index in [9.17, 15) is 0 Å². The molecule has 0 amide bonds. The topological polar surface area (TPSA) is 63.8 Å². The number of hydrogen-bond acceptors (Lipinski definition) is 5. The number of rotatable bonds is 4. The third-order valence-corrected chi connectivity index (χ3v) is 1.75. The van der Waals surface area contributed by atoms with Gasteiger partial charge >= 0.3 is 0 Å². The minimum absolute atomic E-state index is 0.330. The van der Waals surface area contributed by atoms with Gasteiger partial charge in [-0.3, -0.25) is 0 Å². The average molecular weight is 170 g/mol. The van der Waals surface area contributed by atoms with Crippen LogP contribution in [0.25, 0.3) is 0 Å². The Hall–Kier alpha value is -1.10. The van der Waals surface area contributed by atoms with Crippen molar-refractivity contribution in [1.82, 2.24) is 9.36 Å². The summed E-state index contributed by atoms with van der Waals surface area (Å²) in [5, 5.41) is 3.83. The quantitative estimate of drug-likeness (QED) is 0.525. The zero-order valence-electron chi connectivity index (χ0n) is 6.08. The van der Waals surface area contributed by atoms with Crippen LogP contribution in [0.15, 0.2) is 12.7 Å². The maximum Gasteiger partial charge on any atom is 0.233 e. The molecular formula is C6H10N4S. The van der Waals surface area contributed by atoms with Crippen molar-refractivity contribution in [3.8, 4) is 0 Å². The molecule has 4 nitrogen and oxygen atoms in total. The van der Waals surface area contributed by atoms with Gasteiger partial charge in [-0.1, -0.05) is 6.08 Å². The van der Waals surface area contributed by atoms with Crippen LogP contribution < -0.4 is 11.1 Å². The second kappa shape index (κ2) is 3.92. The lowest BCUT2D eigenvalue weighted by Gasteiger charge is -1.95. The number of nitrogen functional groups attached to an aromatic ring is 1. The summed E-state index contributed by atoms with van der Waals surface area (Å²) >= 11 is 1.27. The molecule has 0 atom stereocenters. The van der Waals surface area contributed by atoms with Crippen molar-refractivity contribution in [3.63, 3.8) is 0 Å². The minimum Gasteiger partial charge on any atom is -0.367 e. The van der Waals surface area contributed by atoms with Crippen LogP contribution in [0.5, 0.6) is 0 Å². The summed E-state index contributed by atoms with van der Waals surface area (Å²) in [6.07, 6.45) is 2.76. The molecule has 0 aliphatic carbocycles. The van der Waals surface area contributed by atoms with Gasteiger partial charge in [-0.2, -0.15) is 9.36 Å². The summed E-state index contributed by atoms with van der Waals surface area (Å²) in [5.41, 5.74) is 5.31. The molecular weight excluding hydrogens is 160 g/mol. The van der Waals surface area contributed by atoms with Gasteiger partial charge in [0.1, 0.15) is 0 Å². The van der Waals surface area contributed by atoms with Gasteiger partial charge in [-0.05, 0) is 6.42 Å². The first-order chi connectivity index (χ1) is 5.33. The Morgan fingerprint density at radius 3 is 3.09 bits per heavy atom. The summed E-state index contributed by atoms with van der Waals surface area (Å²) in [6.45, 7) is 4.43. The molecule has 0 unspecified atom stereocenters. The summed E-state index contributed by atoms with van der Waals surface area (Å²) in [4.78, 5) is 3.92. The Labute approximate surface area is 69.3 Å².